The molecule has 3 nitrogen and oxygen atoms in total. The van der Waals surface area contributed by atoms with E-state index in [2.05, 4.69) is 4.74 Å². The lowest BCUT2D eigenvalue weighted by atomic mass is 10.1. The predicted molar refractivity (Wildman–Crippen MR) is 52.9 cm³/mol. The molecule has 0 aliphatic carbocycles. The smallest absolute Gasteiger partial charge is 0.404 e. The van der Waals surface area contributed by atoms with Crippen LogP contribution in [0, 0.1) is 11.3 Å². The molecule has 90 valence electrons. The zero-order chi connectivity index (χ0) is 13.2. The Kier molecular flexibility index (Phi) is 3.63. The molecule has 0 spiro atoms. The number of rotatable bonds is 2. The molecule has 17 heavy (non-hydrogen) atoms. The average molecular weight is 264 g/mol. The fourth-order valence-electron chi connectivity index (χ4n) is 1.14. The first-order valence-corrected chi connectivity index (χ1v) is 4.62. The Bertz CT molecular complexity index is 505. The van der Waals surface area contributed by atoms with E-state index in [1.54, 1.807) is 6.07 Å². The second kappa shape index (κ2) is 4.63. The van der Waals surface area contributed by atoms with Crippen molar-refractivity contribution >= 4 is 17.4 Å². The summed E-state index contributed by atoms with van der Waals surface area (Å²) in [6, 6.07) is 3.43. The number of carbonyl (C=O) groups excluding carboxylic acids is 1. The Labute approximate surface area is 99.4 Å². The van der Waals surface area contributed by atoms with Crippen LogP contribution in [-0.4, -0.2) is 12.1 Å². The van der Waals surface area contributed by atoms with Crippen LogP contribution in [0.25, 0.3) is 0 Å². The summed E-state index contributed by atoms with van der Waals surface area (Å²) in [5.41, 5.74) is -0.270. The molecule has 0 aromatic heterocycles. The van der Waals surface area contributed by atoms with E-state index in [0.29, 0.717) is 0 Å². The van der Waals surface area contributed by atoms with Crippen LogP contribution in [0.3, 0.4) is 0 Å². The number of hydrogen-bond donors (Lipinski definition) is 0. The summed E-state index contributed by atoms with van der Waals surface area (Å²) in [4.78, 5) is 11.1. The van der Waals surface area contributed by atoms with E-state index in [-0.39, 0.29) is 16.1 Å². The molecule has 0 atom stereocenters. The van der Waals surface area contributed by atoms with Crippen LogP contribution in [0.15, 0.2) is 12.1 Å². The van der Waals surface area contributed by atoms with Gasteiger partial charge in [-0.05, 0) is 19.1 Å². The molecule has 1 aromatic rings. The quantitative estimate of drug-likeness (QED) is 0.769. The number of hydrogen-bond acceptors (Lipinski definition) is 3. The van der Waals surface area contributed by atoms with Crippen molar-refractivity contribution in [2.24, 2.45) is 0 Å². The lowest BCUT2D eigenvalue weighted by molar-refractivity contribution is -0.274. The van der Waals surface area contributed by atoms with Gasteiger partial charge in [-0.15, -0.1) is 13.2 Å². The molecule has 0 aliphatic rings. The van der Waals surface area contributed by atoms with Gasteiger partial charge in [-0.25, -0.2) is 0 Å². The van der Waals surface area contributed by atoms with Crippen molar-refractivity contribution in [2.45, 2.75) is 13.3 Å². The topological polar surface area (TPSA) is 50.1 Å². The normalized spacial score (nSPS) is 10.8. The fourth-order valence-corrected chi connectivity index (χ4v) is 1.34. The summed E-state index contributed by atoms with van der Waals surface area (Å²) in [7, 11) is 0. The fraction of sp³-hybridized carbons (Fsp3) is 0.200. The van der Waals surface area contributed by atoms with Crippen LogP contribution in [0.4, 0.5) is 13.2 Å². The van der Waals surface area contributed by atoms with Crippen molar-refractivity contribution in [3.05, 3.63) is 28.3 Å². The molecule has 0 heterocycles. The van der Waals surface area contributed by atoms with Gasteiger partial charge in [0.25, 0.3) is 0 Å². The molecule has 0 saturated heterocycles. The zero-order valence-electron chi connectivity index (χ0n) is 8.43. The monoisotopic (exact) mass is 263 g/mol. The Morgan fingerprint density at radius 1 is 1.47 bits per heavy atom. The third-order valence-electron chi connectivity index (χ3n) is 1.80. The van der Waals surface area contributed by atoms with Crippen molar-refractivity contribution in [3.8, 4) is 11.8 Å². The SMILES string of the molecule is CC(=O)c1cc(OC(F)(F)F)c(Cl)cc1C#N. The number of carbonyl (C=O) groups is 1. The molecule has 1 rings (SSSR count). The second-order valence-electron chi connectivity index (χ2n) is 3.04. The van der Waals surface area contributed by atoms with Crippen LogP contribution in [0.5, 0.6) is 5.75 Å². The first-order valence-electron chi connectivity index (χ1n) is 4.25. The molecule has 0 radical (unpaired) electrons. The third kappa shape index (κ3) is 3.36. The lowest BCUT2D eigenvalue weighted by Gasteiger charge is -2.11. The highest BCUT2D eigenvalue weighted by molar-refractivity contribution is 6.32. The highest BCUT2D eigenvalue weighted by Crippen LogP contribution is 2.32. The number of ketones is 1. The summed E-state index contributed by atoms with van der Waals surface area (Å²) in [5.74, 6) is -1.26. The molecule has 0 amide bonds. The number of benzene rings is 1. The van der Waals surface area contributed by atoms with Crippen molar-refractivity contribution in [1.82, 2.24) is 0 Å². The van der Waals surface area contributed by atoms with Crippen molar-refractivity contribution < 1.29 is 22.7 Å². The van der Waals surface area contributed by atoms with Gasteiger partial charge in [0.1, 0.15) is 5.75 Å². The summed E-state index contributed by atoms with van der Waals surface area (Å²) in [6.07, 6.45) is -4.91. The van der Waals surface area contributed by atoms with Gasteiger partial charge in [-0.2, -0.15) is 5.26 Å². The molecular formula is C10H5ClF3NO2. The van der Waals surface area contributed by atoms with Crippen molar-refractivity contribution in [3.63, 3.8) is 0 Å². The second-order valence-corrected chi connectivity index (χ2v) is 3.45. The van der Waals surface area contributed by atoms with Crippen molar-refractivity contribution in [2.75, 3.05) is 0 Å². The first-order chi connectivity index (χ1) is 7.74. The van der Waals surface area contributed by atoms with Crippen LogP contribution in [0.1, 0.15) is 22.8 Å². The lowest BCUT2D eigenvalue weighted by Crippen LogP contribution is -2.17. The van der Waals surface area contributed by atoms with Gasteiger partial charge < -0.3 is 4.74 Å². The van der Waals surface area contributed by atoms with E-state index in [4.69, 9.17) is 16.9 Å². The molecule has 1 aromatic carbocycles. The average Bonchev–Trinajstić information content (AvgIpc) is 2.18. The van der Waals surface area contributed by atoms with Crippen LogP contribution < -0.4 is 4.74 Å². The Balaban J connectivity index is 3.31. The van der Waals surface area contributed by atoms with Gasteiger partial charge >= 0.3 is 6.36 Å². The van der Waals surface area contributed by atoms with Gasteiger partial charge in [0.15, 0.2) is 5.78 Å². The number of ether oxygens (including phenoxy) is 1. The zero-order valence-corrected chi connectivity index (χ0v) is 9.19. The Morgan fingerprint density at radius 3 is 2.47 bits per heavy atom. The van der Waals surface area contributed by atoms with E-state index in [1.807, 2.05) is 0 Å². The number of halogens is 4. The first kappa shape index (κ1) is 13.3. The number of Topliss-reactive ketones (excluding diaryl/α,β-unsaturated/α-hetero) is 1. The molecule has 7 heteroatoms. The molecular weight excluding hydrogens is 259 g/mol. The van der Waals surface area contributed by atoms with Crippen LogP contribution >= 0.6 is 11.6 Å². The maximum absolute atomic E-state index is 12.0. The third-order valence-corrected chi connectivity index (χ3v) is 2.09. The standard InChI is InChI=1S/C10H5ClF3NO2/c1-5(16)7-3-9(17-10(12,13)14)8(11)2-6(7)4-15/h2-3H,1H3. The van der Waals surface area contributed by atoms with Gasteiger partial charge in [-0.1, -0.05) is 11.6 Å². The highest BCUT2D eigenvalue weighted by atomic mass is 35.5. The van der Waals surface area contributed by atoms with E-state index < -0.39 is 17.9 Å². The number of nitrogens with zero attached hydrogens (tertiary/aromatic N) is 1. The minimum atomic E-state index is -4.91. The molecule has 0 aliphatic heterocycles. The van der Waals surface area contributed by atoms with Crippen LogP contribution in [-0.2, 0) is 0 Å². The predicted octanol–water partition coefficient (Wildman–Crippen LogP) is 3.31. The van der Waals surface area contributed by atoms with Gasteiger partial charge in [0, 0.05) is 5.56 Å². The maximum Gasteiger partial charge on any atom is 0.573 e. The number of nitriles is 1. The van der Waals surface area contributed by atoms with E-state index in [0.717, 1.165) is 19.1 Å². The van der Waals surface area contributed by atoms with Gasteiger partial charge in [0.05, 0.1) is 16.7 Å². The summed E-state index contributed by atoms with van der Waals surface area (Å²) < 4.78 is 39.6. The number of alkyl halides is 3. The van der Waals surface area contributed by atoms with Crippen molar-refractivity contribution in [1.29, 1.82) is 5.26 Å². The maximum atomic E-state index is 12.0. The molecule has 0 N–H and O–H groups in total. The minimum absolute atomic E-state index is 0.1000. The van der Waals surface area contributed by atoms with Gasteiger partial charge in [-0.3, -0.25) is 4.79 Å². The summed E-state index contributed by atoms with van der Waals surface area (Å²) in [5, 5.41) is 8.31. The Hall–Kier alpha value is -1.74. The molecule has 0 bridgehead atoms. The molecule has 0 saturated carbocycles. The minimum Gasteiger partial charge on any atom is -0.404 e. The highest BCUT2D eigenvalue weighted by Gasteiger charge is 2.32. The van der Waals surface area contributed by atoms with Crippen LogP contribution in [0.2, 0.25) is 5.02 Å². The Morgan fingerprint density at radius 2 is 2.06 bits per heavy atom. The van der Waals surface area contributed by atoms with E-state index >= 15 is 0 Å². The van der Waals surface area contributed by atoms with E-state index in [1.165, 1.54) is 0 Å². The van der Waals surface area contributed by atoms with E-state index in [9.17, 15) is 18.0 Å². The largest absolute Gasteiger partial charge is 0.573 e. The molecule has 0 fully saturated rings. The van der Waals surface area contributed by atoms with Gasteiger partial charge in [0.2, 0.25) is 0 Å². The molecule has 0 unspecified atom stereocenters. The summed E-state index contributed by atoms with van der Waals surface area (Å²) >= 11 is 5.50. The summed E-state index contributed by atoms with van der Waals surface area (Å²) in [6.45, 7) is 1.13.